The molecule has 0 aromatic heterocycles. The van der Waals surface area contributed by atoms with Gasteiger partial charge in [-0.3, -0.25) is 5.26 Å². The van der Waals surface area contributed by atoms with Gasteiger partial charge in [0.1, 0.15) is 0 Å². The molecule has 2 nitrogen and oxygen atoms in total. The highest BCUT2D eigenvalue weighted by Crippen LogP contribution is 2.59. The second-order valence-corrected chi connectivity index (χ2v) is 4.91. The minimum absolute atomic E-state index is 0.0211. The van der Waals surface area contributed by atoms with Gasteiger partial charge in [0.15, 0.2) is 0 Å². The Morgan fingerprint density at radius 1 is 1.54 bits per heavy atom. The molecule has 2 saturated carbocycles. The van der Waals surface area contributed by atoms with Gasteiger partial charge in [-0.2, -0.15) is 0 Å². The third-order valence-electron chi connectivity index (χ3n) is 4.65. The molecular weight excluding hydrogens is 164 g/mol. The van der Waals surface area contributed by atoms with E-state index >= 15 is 0 Å². The highest BCUT2D eigenvalue weighted by atomic mass is 17.1. The predicted molar refractivity (Wildman–Crippen MR) is 51.3 cm³/mol. The summed E-state index contributed by atoms with van der Waals surface area (Å²) >= 11 is 0. The highest BCUT2D eigenvalue weighted by molar-refractivity contribution is 5.02. The van der Waals surface area contributed by atoms with Gasteiger partial charge in [-0.05, 0) is 44.4 Å². The van der Waals surface area contributed by atoms with Gasteiger partial charge in [-0.25, -0.2) is 4.89 Å². The highest BCUT2D eigenvalue weighted by Gasteiger charge is 2.53. The normalized spacial score (nSPS) is 45.5. The minimum atomic E-state index is 0.0211. The Labute approximate surface area is 80.2 Å². The Morgan fingerprint density at radius 3 is 2.69 bits per heavy atom. The van der Waals surface area contributed by atoms with Gasteiger partial charge < -0.3 is 0 Å². The Balaban J connectivity index is 2.16. The van der Waals surface area contributed by atoms with Gasteiger partial charge in [0.2, 0.25) is 0 Å². The molecule has 0 radical (unpaired) electrons. The monoisotopic (exact) mass is 184 g/mol. The van der Waals surface area contributed by atoms with Crippen molar-refractivity contribution >= 4 is 0 Å². The van der Waals surface area contributed by atoms with Crippen LogP contribution in [0, 0.1) is 17.3 Å². The van der Waals surface area contributed by atoms with Crippen molar-refractivity contribution < 1.29 is 10.1 Å². The van der Waals surface area contributed by atoms with E-state index in [0.29, 0.717) is 0 Å². The third kappa shape index (κ3) is 1.23. The van der Waals surface area contributed by atoms with Crippen LogP contribution >= 0.6 is 0 Å². The van der Waals surface area contributed by atoms with Crippen molar-refractivity contribution in [1.82, 2.24) is 0 Å². The first-order chi connectivity index (χ1) is 6.23. The summed E-state index contributed by atoms with van der Waals surface area (Å²) in [5.41, 5.74) is 0.289. The van der Waals surface area contributed by atoms with Gasteiger partial charge in [-0.1, -0.05) is 13.3 Å². The van der Waals surface area contributed by atoms with Crippen LogP contribution in [0.1, 0.15) is 46.0 Å². The maximum Gasteiger partial charge on any atom is 0.0957 e. The molecule has 13 heavy (non-hydrogen) atoms. The molecule has 0 saturated heterocycles. The van der Waals surface area contributed by atoms with Crippen LogP contribution in [-0.2, 0) is 4.89 Å². The van der Waals surface area contributed by atoms with E-state index in [1.54, 1.807) is 0 Å². The molecule has 2 aliphatic rings. The van der Waals surface area contributed by atoms with E-state index in [4.69, 9.17) is 5.26 Å². The first-order valence-electron chi connectivity index (χ1n) is 5.53. The van der Waals surface area contributed by atoms with Crippen molar-refractivity contribution in [3.05, 3.63) is 0 Å². The van der Waals surface area contributed by atoms with Crippen LogP contribution in [0.2, 0.25) is 0 Å². The summed E-state index contributed by atoms with van der Waals surface area (Å²) in [5, 5.41) is 8.82. The molecule has 2 heteroatoms. The number of hydrogen-bond donors (Lipinski definition) is 1. The van der Waals surface area contributed by atoms with Crippen LogP contribution < -0.4 is 0 Å². The van der Waals surface area contributed by atoms with E-state index in [1.165, 1.54) is 25.7 Å². The summed E-state index contributed by atoms with van der Waals surface area (Å²) in [6.07, 6.45) is 6.58. The first kappa shape index (κ1) is 9.47. The standard InChI is InChI=1S/C11H20O2/c1-3-11(8(2)13-12)7-9-4-5-10(11)6-9/h8-10,12H,3-7H2,1-2H3. The lowest BCUT2D eigenvalue weighted by Crippen LogP contribution is -2.38. The lowest BCUT2D eigenvalue weighted by atomic mass is 9.68. The largest absolute Gasteiger partial charge is 0.252 e. The molecule has 0 aliphatic heterocycles. The van der Waals surface area contributed by atoms with Crippen molar-refractivity contribution in [1.29, 1.82) is 0 Å². The van der Waals surface area contributed by atoms with Crippen molar-refractivity contribution in [2.75, 3.05) is 0 Å². The van der Waals surface area contributed by atoms with E-state index in [1.807, 2.05) is 6.92 Å². The van der Waals surface area contributed by atoms with Crippen molar-refractivity contribution in [3.63, 3.8) is 0 Å². The molecule has 0 aromatic carbocycles. The van der Waals surface area contributed by atoms with Gasteiger partial charge >= 0.3 is 0 Å². The van der Waals surface area contributed by atoms with Crippen LogP contribution in [0.3, 0.4) is 0 Å². The van der Waals surface area contributed by atoms with E-state index in [0.717, 1.165) is 18.3 Å². The first-order valence-corrected chi connectivity index (χ1v) is 5.53. The SMILES string of the molecule is CCC1(C(C)OO)CC2CCC1C2. The predicted octanol–water partition coefficient (Wildman–Crippen LogP) is 3.08. The molecule has 2 aliphatic carbocycles. The van der Waals surface area contributed by atoms with Gasteiger partial charge in [0.05, 0.1) is 6.10 Å². The maximum atomic E-state index is 8.82. The van der Waals surface area contributed by atoms with Crippen LogP contribution in [-0.4, -0.2) is 11.4 Å². The van der Waals surface area contributed by atoms with Gasteiger partial charge in [-0.15, -0.1) is 0 Å². The summed E-state index contributed by atoms with van der Waals surface area (Å²) in [4.78, 5) is 4.58. The molecule has 0 heterocycles. The molecule has 2 rings (SSSR count). The van der Waals surface area contributed by atoms with E-state index in [9.17, 15) is 0 Å². The summed E-state index contributed by atoms with van der Waals surface area (Å²) in [6.45, 7) is 4.25. The Hall–Kier alpha value is -0.0800. The third-order valence-corrected chi connectivity index (χ3v) is 4.65. The quantitative estimate of drug-likeness (QED) is 0.539. The van der Waals surface area contributed by atoms with Crippen molar-refractivity contribution in [2.45, 2.75) is 52.1 Å². The summed E-state index contributed by atoms with van der Waals surface area (Å²) in [5.74, 6) is 1.73. The number of rotatable bonds is 3. The second kappa shape index (κ2) is 3.25. The minimum Gasteiger partial charge on any atom is -0.252 e. The Bertz CT molecular complexity index is 193. The van der Waals surface area contributed by atoms with E-state index in [-0.39, 0.29) is 11.5 Å². The fraction of sp³-hybridized carbons (Fsp3) is 1.00. The molecule has 4 unspecified atom stereocenters. The van der Waals surface area contributed by atoms with Crippen LogP contribution in [0.25, 0.3) is 0 Å². The summed E-state index contributed by atoms with van der Waals surface area (Å²) in [7, 11) is 0. The van der Waals surface area contributed by atoms with Crippen molar-refractivity contribution in [3.8, 4) is 0 Å². The molecule has 76 valence electrons. The summed E-state index contributed by atoms with van der Waals surface area (Å²) in [6, 6.07) is 0. The zero-order valence-corrected chi connectivity index (χ0v) is 8.62. The number of fused-ring (bicyclic) bond motifs is 2. The molecule has 2 bridgehead atoms. The fourth-order valence-corrected chi connectivity index (χ4v) is 3.81. The van der Waals surface area contributed by atoms with Gasteiger partial charge in [0.25, 0.3) is 0 Å². The Morgan fingerprint density at radius 2 is 2.31 bits per heavy atom. The van der Waals surface area contributed by atoms with E-state index in [2.05, 4.69) is 11.8 Å². The molecule has 1 N–H and O–H groups in total. The topological polar surface area (TPSA) is 29.5 Å². The molecule has 0 spiro atoms. The lowest BCUT2D eigenvalue weighted by Gasteiger charge is -2.40. The smallest absolute Gasteiger partial charge is 0.0957 e. The average Bonchev–Trinajstić information content (AvgIpc) is 2.75. The molecule has 4 atom stereocenters. The zero-order chi connectivity index (χ0) is 9.47. The summed E-state index contributed by atoms with van der Waals surface area (Å²) < 4.78 is 0. The van der Waals surface area contributed by atoms with E-state index < -0.39 is 0 Å². The molecular formula is C11H20O2. The van der Waals surface area contributed by atoms with Crippen LogP contribution in [0.5, 0.6) is 0 Å². The zero-order valence-electron chi connectivity index (χ0n) is 8.62. The molecule has 0 amide bonds. The van der Waals surface area contributed by atoms with Crippen LogP contribution in [0.15, 0.2) is 0 Å². The number of hydrogen-bond acceptors (Lipinski definition) is 2. The fourth-order valence-electron chi connectivity index (χ4n) is 3.81. The maximum absolute atomic E-state index is 8.82. The molecule has 0 aromatic rings. The second-order valence-electron chi connectivity index (χ2n) is 4.91. The Kier molecular flexibility index (Phi) is 2.37. The lowest BCUT2D eigenvalue weighted by molar-refractivity contribution is -0.305. The van der Waals surface area contributed by atoms with Crippen LogP contribution in [0.4, 0.5) is 0 Å². The molecule has 2 fully saturated rings. The van der Waals surface area contributed by atoms with Gasteiger partial charge in [0, 0.05) is 5.41 Å². The van der Waals surface area contributed by atoms with Crippen molar-refractivity contribution in [2.24, 2.45) is 17.3 Å². The average molecular weight is 184 g/mol.